The molecule has 1 aliphatic rings. The number of hydrogen-bond acceptors (Lipinski definition) is 2. The predicted octanol–water partition coefficient (Wildman–Crippen LogP) is 3.18. The smallest absolute Gasteiger partial charge is 0.0419 e. The van der Waals surface area contributed by atoms with Gasteiger partial charge in [-0.15, -0.1) is 0 Å². The van der Waals surface area contributed by atoms with E-state index in [4.69, 9.17) is 0 Å². The van der Waals surface area contributed by atoms with Crippen LogP contribution >= 0.6 is 0 Å². The lowest BCUT2D eigenvalue weighted by atomic mass is 9.90. The standard InChI is InChI=1S/C15H24N2/c1-4-15(2,3)11-16-10-13-7-5-6-12-8-9-17-14(12)13/h5-7,16-17H,4,8-11H2,1-3H3. The third-order valence-corrected chi connectivity index (χ3v) is 3.81. The molecule has 0 atom stereocenters. The molecule has 0 aromatic heterocycles. The van der Waals surface area contributed by atoms with Crippen LogP contribution in [0, 0.1) is 5.41 Å². The molecule has 0 fully saturated rings. The molecule has 0 aliphatic carbocycles. The van der Waals surface area contributed by atoms with Gasteiger partial charge in [-0.25, -0.2) is 0 Å². The van der Waals surface area contributed by atoms with E-state index in [9.17, 15) is 0 Å². The Morgan fingerprint density at radius 3 is 2.94 bits per heavy atom. The molecule has 1 aromatic carbocycles. The van der Waals surface area contributed by atoms with Gasteiger partial charge in [-0.1, -0.05) is 39.0 Å². The fourth-order valence-electron chi connectivity index (χ4n) is 2.22. The highest BCUT2D eigenvalue weighted by molar-refractivity contribution is 5.61. The molecule has 0 saturated carbocycles. The topological polar surface area (TPSA) is 24.1 Å². The molecule has 1 aromatic rings. The highest BCUT2D eigenvalue weighted by Crippen LogP contribution is 2.26. The summed E-state index contributed by atoms with van der Waals surface area (Å²) in [7, 11) is 0. The number of hydrogen-bond donors (Lipinski definition) is 2. The highest BCUT2D eigenvalue weighted by Gasteiger charge is 2.16. The van der Waals surface area contributed by atoms with Crippen LogP contribution in [0.25, 0.3) is 0 Å². The number of para-hydroxylation sites is 1. The van der Waals surface area contributed by atoms with Gasteiger partial charge in [0.05, 0.1) is 0 Å². The summed E-state index contributed by atoms with van der Waals surface area (Å²) in [6.07, 6.45) is 2.38. The second kappa shape index (κ2) is 5.09. The highest BCUT2D eigenvalue weighted by atomic mass is 14.9. The molecule has 0 spiro atoms. The lowest BCUT2D eigenvalue weighted by molar-refractivity contribution is 0.328. The number of anilines is 1. The number of fused-ring (bicyclic) bond motifs is 1. The molecule has 0 unspecified atom stereocenters. The van der Waals surface area contributed by atoms with Crippen molar-refractivity contribution in [3.63, 3.8) is 0 Å². The summed E-state index contributed by atoms with van der Waals surface area (Å²) in [5, 5.41) is 7.07. The van der Waals surface area contributed by atoms with E-state index >= 15 is 0 Å². The van der Waals surface area contributed by atoms with Crippen molar-refractivity contribution >= 4 is 5.69 Å². The Balaban J connectivity index is 1.94. The molecular formula is C15H24N2. The molecule has 2 heteroatoms. The van der Waals surface area contributed by atoms with Gasteiger partial charge in [0.25, 0.3) is 0 Å². The van der Waals surface area contributed by atoms with Crippen molar-refractivity contribution in [3.8, 4) is 0 Å². The van der Waals surface area contributed by atoms with Crippen molar-refractivity contribution in [2.45, 2.75) is 40.2 Å². The van der Waals surface area contributed by atoms with E-state index in [-0.39, 0.29) is 0 Å². The van der Waals surface area contributed by atoms with Crippen LogP contribution in [0.5, 0.6) is 0 Å². The van der Waals surface area contributed by atoms with Crippen LogP contribution in [0.3, 0.4) is 0 Å². The average Bonchev–Trinajstić information content (AvgIpc) is 2.78. The minimum Gasteiger partial charge on any atom is -0.384 e. The van der Waals surface area contributed by atoms with Crippen molar-refractivity contribution in [1.82, 2.24) is 5.32 Å². The first-order chi connectivity index (χ1) is 8.12. The Labute approximate surface area is 105 Å². The average molecular weight is 232 g/mol. The molecule has 2 rings (SSSR count). The van der Waals surface area contributed by atoms with E-state index in [0.29, 0.717) is 5.41 Å². The second-order valence-electron chi connectivity index (χ2n) is 5.75. The van der Waals surface area contributed by atoms with Gasteiger partial charge in [0.1, 0.15) is 0 Å². The molecule has 17 heavy (non-hydrogen) atoms. The minimum atomic E-state index is 0.394. The fourth-order valence-corrected chi connectivity index (χ4v) is 2.22. The molecule has 94 valence electrons. The lowest BCUT2D eigenvalue weighted by Gasteiger charge is -2.23. The maximum Gasteiger partial charge on any atom is 0.0419 e. The third-order valence-electron chi connectivity index (χ3n) is 3.81. The maximum absolute atomic E-state index is 3.58. The zero-order valence-corrected chi connectivity index (χ0v) is 11.3. The van der Waals surface area contributed by atoms with Crippen LogP contribution in [-0.2, 0) is 13.0 Å². The molecule has 0 bridgehead atoms. The first-order valence-electron chi connectivity index (χ1n) is 6.68. The molecule has 0 saturated heterocycles. The van der Waals surface area contributed by atoms with E-state index in [2.05, 4.69) is 49.6 Å². The van der Waals surface area contributed by atoms with Crippen molar-refractivity contribution in [2.75, 3.05) is 18.4 Å². The quantitative estimate of drug-likeness (QED) is 0.814. The molecule has 0 amide bonds. The fraction of sp³-hybridized carbons (Fsp3) is 0.600. The summed E-state index contributed by atoms with van der Waals surface area (Å²) in [5.41, 5.74) is 4.64. The maximum atomic E-state index is 3.58. The number of rotatable bonds is 5. The van der Waals surface area contributed by atoms with Gasteiger partial charge in [-0.3, -0.25) is 0 Å². The van der Waals surface area contributed by atoms with Crippen molar-refractivity contribution < 1.29 is 0 Å². The molecule has 0 radical (unpaired) electrons. The van der Waals surface area contributed by atoms with Crippen LogP contribution in [0.1, 0.15) is 38.3 Å². The summed E-state index contributed by atoms with van der Waals surface area (Å²) >= 11 is 0. The number of benzene rings is 1. The molecule has 1 heterocycles. The van der Waals surface area contributed by atoms with E-state index in [0.717, 1.165) is 19.6 Å². The third kappa shape index (κ3) is 3.01. The molecule has 2 N–H and O–H groups in total. The first kappa shape index (κ1) is 12.4. The SMILES string of the molecule is CCC(C)(C)CNCc1cccc2c1NCC2. The summed E-state index contributed by atoms with van der Waals surface area (Å²) in [4.78, 5) is 0. The van der Waals surface area contributed by atoms with Gasteiger partial charge < -0.3 is 10.6 Å². The Bertz CT molecular complexity index is 383. The van der Waals surface area contributed by atoms with Gasteiger partial charge in [0.15, 0.2) is 0 Å². The Hall–Kier alpha value is -1.02. The largest absolute Gasteiger partial charge is 0.384 e. The summed E-state index contributed by atoms with van der Waals surface area (Å²) < 4.78 is 0. The van der Waals surface area contributed by atoms with Crippen molar-refractivity contribution in [3.05, 3.63) is 29.3 Å². The summed E-state index contributed by atoms with van der Waals surface area (Å²) in [5.74, 6) is 0. The van der Waals surface area contributed by atoms with Crippen LogP contribution in [-0.4, -0.2) is 13.1 Å². The van der Waals surface area contributed by atoms with Gasteiger partial charge in [-0.2, -0.15) is 0 Å². The minimum absolute atomic E-state index is 0.394. The zero-order chi connectivity index (χ0) is 12.3. The summed E-state index contributed by atoms with van der Waals surface area (Å²) in [6, 6.07) is 6.63. The van der Waals surface area contributed by atoms with E-state index < -0.39 is 0 Å². The van der Waals surface area contributed by atoms with Gasteiger partial charge in [0.2, 0.25) is 0 Å². The normalized spacial score (nSPS) is 14.5. The monoisotopic (exact) mass is 232 g/mol. The van der Waals surface area contributed by atoms with Crippen LogP contribution in [0.2, 0.25) is 0 Å². The predicted molar refractivity (Wildman–Crippen MR) is 74.4 cm³/mol. The van der Waals surface area contributed by atoms with Gasteiger partial charge >= 0.3 is 0 Å². The van der Waals surface area contributed by atoms with E-state index in [1.165, 1.54) is 29.7 Å². The van der Waals surface area contributed by atoms with E-state index in [1.807, 2.05) is 0 Å². The summed E-state index contributed by atoms with van der Waals surface area (Å²) in [6.45, 7) is 10.0. The van der Waals surface area contributed by atoms with Crippen LogP contribution in [0.15, 0.2) is 18.2 Å². The Morgan fingerprint density at radius 1 is 1.35 bits per heavy atom. The van der Waals surface area contributed by atoms with Crippen LogP contribution in [0.4, 0.5) is 5.69 Å². The van der Waals surface area contributed by atoms with E-state index in [1.54, 1.807) is 0 Å². The number of nitrogens with one attached hydrogen (secondary N) is 2. The molecular weight excluding hydrogens is 208 g/mol. The first-order valence-corrected chi connectivity index (χ1v) is 6.68. The molecule has 1 aliphatic heterocycles. The van der Waals surface area contributed by atoms with Crippen molar-refractivity contribution in [1.29, 1.82) is 0 Å². The zero-order valence-electron chi connectivity index (χ0n) is 11.3. The Morgan fingerprint density at radius 2 is 2.18 bits per heavy atom. The lowest BCUT2D eigenvalue weighted by Crippen LogP contribution is -2.28. The van der Waals surface area contributed by atoms with Gasteiger partial charge in [-0.05, 0) is 29.4 Å². The Kier molecular flexibility index (Phi) is 3.72. The second-order valence-corrected chi connectivity index (χ2v) is 5.75. The van der Waals surface area contributed by atoms with Crippen molar-refractivity contribution in [2.24, 2.45) is 5.41 Å². The van der Waals surface area contributed by atoms with Gasteiger partial charge in [0, 0.05) is 25.3 Å². The molecule has 2 nitrogen and oxygen atoms in total. The van der Waals surface area contributed by atoms with Crippen LogP contribution < -0.4 is 10.6 Å².